The van der Waals surface area contributed by atoms with E-state index in [4.69, 9.17) is 5.73 Å². The van der Waals surface area contributed by atoms with E-state index >= 15 is 0 Å². The molecule has 1 saturated heterocycles. The lowest BCUT2D eigenvalue weighted by molar-refractivity contribution is -0.122. The number of carbonyl (C=O) groups excluding carboxylic acids is 1. The van der Waals surface area contributed by atoms with Crippen molar-refractivity contribution in [2.24, 2.45) is 5.73 Å². The van der Waals surface area contributed by atoms with E-state index in [-0.39, 0.29) is 24.3 Å². The third kappa shape index (κ3) is 2.87. The van der Waals surface area contributed by atoms with Crippen LogP contribution in [-0.4, -0.2) is 25.5 Å². The van der Waals surface area contributed by atoms with Crippen molar-refractivity contribution in [3.8, 4) is 0 Å². The summed E-state index contributed by atoms with van der Waals surface area (Å²) < 4.78 is 13.3. The second-order valence-electron chi connectivity index (χ2n) is 4.80. The number of likely N-dealkylation sites (N-methyl/N-ethyl adjacent to an activating group) is 1. The van der Waals surface area contributed by atoms with Crippen molar-refractivity contribution < 1.29 is 9.18 Å². The first-order valence-corrected chi connectivity index (χ1v) is 6.64. The van der Waals surface area contributed by atoms with Gasteiger partial charge in [-0.05, 0) is 43.0 Å². The van der Waals surface area contributed by atoms with Crippen molar-refractivity contribution in [3.05, 3.63) is 29.6 Å². The van der Waals surface area contributed by atoms with Crippen LogP contribution in [0.1, 0.15) is 24.8 Å². The Bertz CT molecular complexity index is 464. The van der Waals surface area contributed by atoms with Crippen LogP contribution in [0.3, 0.4) is 0 Å². The number of piperidine rings is 1. The Morgan fingerprint density at radius 2 is 2.32 bits per heavy atom. The molecule has 1 heterocycles. The van der Waals surface area contributed by atoms with Crippen molar-refractivity contribution >= 4 is 11.6 Å². The summed E-state index contributed by atoms with van der Waals surface area (Å²) in [5.74, 6) is -0.287. The zero-order chi connectivity index (χ0) is 13.8. The van der Waals surface area contributed by atoms with Crippen molar-refractivity contribution in [2.75, 3.05) is 18.5 Å². The summed E-state index contributed by atoms with van der Waals surface area (Å²) in [4.78, 5) is 14.0. The predicted octanol–water partition coefficient (Wildman–Crippen LogP) is 1.39. The molecule has 0 aromatic heterocycles. The number of anilines is 1. The predicted molar refractivity (Wildman–Crippen MR) is 73.3 cm³/mol. The Hall–Kier alpha value is -1.62. The van der Waals surface area contributed by atoms with E-state index < -0.39 is 0 Å². The maximum absolute atomic E-state index is 13.3. The summed E-state index contributed by atoms with van der Waals surface area (Å²) in [5.41, 5.74) is 7.30. The minimum atomic E-state index is -0.294. The lowest BCUT2D eigenvalue weighted by Gasteiger charge is -2.37. The fourth-order valence-corrected chi connectivity index (χ4v) is 2.66. The van der Waals surface area contributed by atoms with E-state index in [1.807, 2.05) is 4.90 Å². The van der Waals surface area contributed by atoms with Gasteiger partial charge in [-0.2, -0.15) is 0 Å². The van der Waals surface area contributed by atoms with Gasteiger partial charge in [0.15, 0.2) is 0 Å². The van der Waals surface area contributed by atoms with Gasteiger partial charge in [0.1, 0.15) is 11.9 Å². The lowest BCUT2D eigenvalue weighted by atomic mass is 9.99. The van der Waals surface area contributed by atoms with E-state index in [1.165, 1.54) is 12.1 Å². The molecular weight excluding hydrogens is 245 g/mol. The van der Waals surface area contributed by atoms with Crippen molar-refractivity contribution in [1.82, 2.24) is 5.32 Å². The molecule has 5 heteroatoms. The smallest absolute Gasteiger partial charge is 0.242 e. The molecule has 1 atom stereocenters. The molecule has 1 aliphatic rings. The second kappa shape index (κ2) is 6.02. The molecular formula is C14H20FN3O. The van der Waals surface area contributed by atoms with Crippen molar-refractivity contribution in [1.29, 1.82) is 0 Å². The van der Waals surface area contributed by atoms with Crippen LogP contribution >= 0.6 is 0 Å². The summed E-state index contributed by atoms with van der Waals surface area (Å²) in [7, 11) is 1.64. The van der Waals surface area contributed by atoms with E-state index in [9.17, 15) is 9.18 Å². The Labute approximate surface area is 112 Å². The number of hydrogen-bond donors (Lipinski definition) is 2. The number of hydrogen-bond acceptors (Lipinski definition) is 3. The number of benzene rings is 1. The third-order valence-corrected chi connectivity index (χ3v) is 3.62. The number of nitrogens with two attached hydrogens (primary N) is 1. The average molecular weight is 265 g/mol. The summed E-state index contributed by atoms with van der Waals surface area (Å²) in [5, 5.41) is 2.70. The first-order chi connectivity index (χ1) is 9.17. The average Bonchev–Trinajstić information content (AvgIpc) is 2.46. The Morgan fingerprint density at radius 1 is 1.53 bits per heavy atom. The van der Waals surface area contributed by atoms with Crippen molar-refractivity contribution in [3.63, 3.8) is 0 Å². The van der Waals surface area contributed by atoms with Gasteiger partial charge in [-0.25, -0.2) is 4.39 Å². The molecule has 1 aromatic rings. The normalized spacial score (nSPS) is 19.3. The Balaban J connectivity index is 2.34. The SMILES string of the molecule is CNC(=O)C1CCCCN1c1ccc(F)cc1CN. The highest BCUT2D eigenvalue weighted by molar-refractivity contribution is 5.85. The first kappa shape index (κ1) is 13.8. The maximum Gasteiger partial charge on any atom is 0.242 e. The summed E-state index contributed by atoms with van der Waals surface area (Å²) in [6.07, 6.45) is 2.89. The van der Waals surface area contributed by atoms with Crippen LogP contribution in [0, 0.1) is 5.82 Å². The van der Waals surface area contributed by atoms with Crippen LogP contribution in [0.4, 0.5) is 10.1 Å². The molecule has 3 N–H and O–H groups in total. The number of rotatable bonds is 3. The number of carbonyl (C=O) groups is 1. The zero-order valence-corrected chi connectivity index (χ0v) is 11.2. The van der Waals surface area contributed by atoms with Gasteiger partial charge in [0.05, 0.1) is 0 Å². The monoisotopic (exact) mass is 265 g/mol. The quantitative estimate of drug-likeness (QED) is 0.868. The Kier molecular flexibility index (Phi) is 4.37. The van der Waals surface area contributed by atoms with Crippen LogP contribution in [0.5, 0.6) is 0 Å². The number of halogens is 1. The minimum absolute atomic E-state index is 0.00648. The second-order valence-corrected chi connectivity index (χ2v) is 4.80. The molecule has 104 valence electrons. The standard InChI is InChI=1S/C14H20FN3O/c1-17-14(19)13-4-2-3-7-18(13)12-6-5-11(15)8-10(12)9-16/h5-6,8,13H,2-4,7,9,16H2,1H3,(H,17,19). The van der Waals surface area contributed by atoms with Gasteiger partial charge >= 0.3 is 0 Å². The molecule has 1 amide bonds. The van der Waals surface area contributed by atoms with E-state index in [0.29, 0.717) is 0 Å². The Morgan fingerprint density at radius 3 is 3.00 bits per heavy atom. The molecule has 1 aromatic carbocycles. The molecule has 1 unspecified atom stereocenters. The van der Waals surface area contributed by atoms with Gasteiger partial charge in [0, 0.05) is 25.8 Å². The topological polar surface area (TPSA) is 58.4 Å². The van der Waals surface area contributed by atoms with Crippen LogP contribution in [0.15, 0.2) is 18.2 Å². The highest BCUT2D eigenvalue weighted by atomic mass is 19.1. The number of amides is 1. The molecule has 2 rings (SSSR count). The van der Waals surface area contributed by atoms with E-state index in [2.05, 4.69) is 5.32 Å². The van der Waals surface area contributed by atoms with Crippen LogP contribution < -0.4 is 16.0 Å². The van der Waals surface area contributed by atoms with Crippen LogP contribution in [-0.2, 0) is 11.3 Å². The van der Waals surface area contributed by atoms with Crippen LogP contribution in [0.2, 0.25) is 0 Å². The van der Waals surface area contributed by atoms with E-state index in [1.54, 1.807) is 13.1 Å². The van der Waals surface area contributed by atoms with Gasteiger partial charge in [-0.3, -0.25) is 4.79 Å². The van der Waals surface area contributed by atoms with Gasteiger partial charge in [-0.1, -0.05) is 0 Å². The highest BCUT2D eigenvalue weighted by Crippen LogP contribution is 2.28. The number of nitrogens with one attached hydrogen (secondary N) is 1. The lowest BCUT2D eigenvalue weighted by Crippen LogP contribution is -2.49. The summed E-state index contributed by atoms with van der Waals surface area (Å²) >= 11 is 0. The molecule has 19 heavy (non-hydrogen) atoms. The molecule has 0 aliphatic carbocycles. The molecule has 4 nitrogen and oxygen atoms in total. The molecule has 1 fully saturated rings. The molecule has 0 bridgehead atoms. The van der Waals surface area contributed by atoms with E-state index in [0.717, 1.165) is 37.1 Å². The van der Waals surface area contributed by atoms with Gasteiger partial charge in [-0.15, -0.1) is 0 Å². The molecule has 0 spiro atoms. The van der Waals surface area contributed by atoms with Crippen LogP contribution in [0.25, 0.3) is 0 Å². The zero-order valence-electron chi connectivity index (χ0n) is 11.2. The van der Waals surface area contributed by atoms with Gasteiger partial charge < -0.3 is 16.0 Å². The fourth-order valence-electron chi connectivity index (χ4n) is 2.66. The molecule has 0 radical (unpaired) electrons. The minimum Gasteiger partial charge on any atom is -0.359 e. The maximum atomic E-state index is 13.3. The van der Waals surface area contributed by atoms with Gasteiger partial charge in [0.25, 0.3) is 0 Å². The van der Waals surface area contributed by atoms with Gasteiger partial charge in [0.2, 0.25) is 5.91 Å². The number of nitrogens with zero attached hydrogens (tertiary/aromatic N) is 1. The van der Waals surface area contributed by atoms with Crippen molar-refractivity contribution in [2.45, 2.75) is 31.8 Å². The molecule has 1 aliphatic heterocycles. The highest BCUT2D eigenvalue weighted by Gasteiger charge is 2.29. The summed E-state index contributed by atoms with van der Waals surface area (Å²) in [6.45, 7) is 1.07. The summed E-state index contributed by atoms with van der Waals surface area (Å²) in [6, 6.07) is 4.41. The third-order valence-electron chi connectivity index (χ3n) is 3.62. The largest absolute Gasteiger partial charge is 0.359 e. The molecule has 0 saturated carbocycles. The fraction of sp³-hybridized carbons (Fsp3) is 0.500. The first-order valence-electron chi connectivity index (χ1n) is 6.64.